The van der Waals surface area contributed by atoms with Gasteiger partial charge in [-0.15, -0.1) is 0 Å². The minimum absolute atomic E-state index is 0.00596. The third-order valence-electron chi connectivity index (χ3n) is 13.7. The molecule has 3 N–H and O–H groups in total. The third-order valence-corrected chi connectivity index (χ3v) is 13.7. The van der Waals surface area contributed by atoms with Gasteiger partial charge in [-0.1, -0.05) is 20.4 Å². The van der Waals surface area contributed by atoms with E-state index >= 15 is 0 Å². The van der Waals surface area contributed by atoms with E-state index in [0.29, 0.717) is 91.2 Å². The van der Waals surface area contributed by atoms with Gasteiger partial charge in [0.1, 0.15) is 17.3 Å². The summed E-state index contributed by atoms with van der Waals surface area (Å²) < 4.78 is 57.7. The van der Waals surface area contributed by atoms with Crippen LogP contribution in [-0.2, 0) is 44.0 Å². The van der Waals surface area contributed by atoms with Crippen LogP contribution in [0.25, 0.3) is 11.3 Å². The number of piperazine rings is 1. The highest BCUT2D eigenvalue weighted by atomic mass is 19.4. The minimum atomic E-state index is -4.77. The molecule has 0 radical (unpaired) electrons. The fraction of sp³-hybridized carbons (Fsp3) is 0.408. The Labute approximate surface area is 385 Å². The number of aromatic nitrogens is 4. The largest absolute Gasteiger partial charge is 0.419 e. The number of rotatable bonds is 10. The Bertz CT molecular complexity index is 2830. The van der Waals surface area contributed by atoms with E-state index in [-0.39, 0.29) is 29.2 Å². The summed E-state index contributed by atoms with van der Waals surface area (Å²) >= 11 is 0. The average molecular weight is 923 g/mol. The molecule has 2 aromatic carbocycles. The van der Waals surface area contributed by atoms with Crippen LogP contribution in [0.2, 0.25) is 0 Å². The molecule has 0 saturated carbocycles. The third kappa shape index (κ3) is 8.79. The lowest BCUT2D eigenvalue weighted by Gasteiger charge is -2.47. The number of aliphatic hydroxyl groups is 1. The quantitative estimate of drug-likeness (QED) is 0.0979. The van der Waals surface area contributed by atoms with E-state index in [1.165, 1.54) is 28.0 Å². The number of hydrogen-bond acceptors (Lipinski definition) is 10. The standard InChI is InChI=1S/C49H54F4N10O4/c1-6-43(65)56-38-22-31(7-10-40(38)61-18-17-60(26-29(61)2)32-12-15-59(16-13-32)33-8-9-37(50)36(23-33)49(51,52)53)55-44-47(67)58(5)27-39(57-44)34-11-14-54-45(35(34)28-64)63-20-19-62-41(46(63)66)21-30-24-48(3,4)25-42(30)62/h6-11,14,21-23,27,29,32,64H,1,12-13,15-20,24-26,28H2,2-5H3,(H,55,57)(H,56,65). The molecule has 0 bridgehead atoms. The number of fused-ring (bicyclic) bond motifs is 3. The molecule has 2 saturated heterocycles. The molecule has 3 aliphatic heterocycles. The van der Waals surface area contributed by atoms with Gasteiger partial charge in [0.2, 0.25) is 5.91 Å². The van der Waals surface area contributed by atoms with Crippen LogP contribution in [0.4, 0.5) is 51.9 Å². The lowest BCUT2D eigenvalue weighted by Crippen LogP contribution is -2.57. The number of carbonyl (C=O) groups is 2. The monoisotopic (exact) mass is 922 g/mol. The zero-order valence-corrected chi connectivity index (χ0v) is 38.0. The highest BCUT2D eigenvalue weighted by Crippen LogP contribution is 2.41. The summed E-state index contributed by atoms with van der Waals surface area (Å²) in [5, 5.41) is 16.9. The Hall–Kier alpha value is -6.53. The fourth-order valence-electron chi connectivity index (χ4n) is 10.4. The summed E-state index contributed by atoms with van der Waals surface area (Å²) in [5.41, 5.74) is 4.82. The number of carbonyl (C=O) groups excluding carboxylic acids is 2. The molecule has 1 unspecified atom stereocenters. The summed E-state index contributed by atoms with van der Waals surface area (Å²) in [6.07, 6.45) is 2.82. The maximum Gasteiger partial charge on any atom is 0.419 e. The van der Waals surface area contributed by atoms with Gasteiger partial charge in [0.15, 0.2) is 5.82 Å². The van der Waals surface area contributed by atoms with Crippen LogP contribution in [0.3, 0.4) is 0 Å². The summed E-state index contributed by atoms with van der Waals surface area (Å²) in [6.45, 7) is 13.8. The van der Waals surface area contributed by atoms with E-state index in [0.717, 1.165) is 43.5 Å². The van der Waals surface area contributed by atoms with E-state index in [1.807, 2.05) is 17.0 Å². The normalized spacial score (nSPS) is 18.8. The van der Waals surface area contributed by atoms with Crippen molar-refractivity contribution in [2.24, 2.45) is 12.5 Å². The van der Waals surface area contributed by atoms with Crippen molar-refractivity contribution in [1.29, 1.82) is 0 Å². The Morgan fingerprint density at radius 2 is 1.78 bits per heavy atom. The van der Waals surface area contributed by atoms with Crippen molar-refractivity contribution in [3.05, 3.63) is 118 Å². The van der Waals surface area contributed by atoms with E-state index in [9.17, 15) is 37.1 Å². The van der Waals surface area contributed by atoms with Crippen LogP contribution in [0, 0.1) is 11.2 Å². The number of halogens is 4. The summed E-state index contributed by atoms with van der Waals surface area (Å²) in [6, 6.07) is 12.5. The first-order valence-electron chi connectivity index (χ1n) is 22.6. The van der Waals surface area contributed by atoms with E-state index in [1.54, 1.807) is 42.5 Å². The molecule has 1 atom stereocenters. The highest BCUT2D eigenvalue weighted by molar-refractivity contribution is 6.06. The lowest BCUT2D eigenvalue weighted by molar-refractivity contribution is -0.140. The van der Waals surface area contributed by atoms with Gasteiger partial charge in [-0.25, -0.2) is 14.4 Å². The number of piperidine rings is 1. The Kier molecular flexibility index (Phi) is 12.0. The molecule has 2 fully saturated rings. The van der Waals surface area contributed by atoms with Crippen LogP contribution in [-0.4, -0.2) is 92.3 Å². The molecule has 1 aliphatic carbocycles. The van der Waals surface area contributed by atoms with E-state index in [4.69, 9.17) is 4.98 Å². The van der Waals surface area contributed by atoms with Gasteiger partial charge in [-0.2, -0.15) is 13.2 Å². The zero-order chi connectivity index (χ0) is 47.5. The number of anilines is 6. The molecular formula is C49H54F4N10O4. The minimum Gasteiger partial charge on any atom is -0.392 e. The SMILES string of the molecule is C=CC(=O)Nc1cc(Nc2nc(-c3ccnc(N4CCn5c(cc6c5CC(C)(C)C6)C4=O)c3CO)cn(C)c2=O)ccc1N1CCN(C2CCN(c3ccc(F)c(C(F)(F)F)c3)CC2)CC1C. The second kappa shape index (κ2) is 17.6. The molecule has 352 valence electrons. The number of pyridine rings is 1. The molecule has 5 aromatic rings. The number of aryl methyl sites for hydroxylation is 1. The van der Waals surface area contributed by atoms with Crippen LogP contribution in [0.1, 0.15) is 66.5 Å². The van der Waals surface area contributed by atoms with Crippen molar-refractivity contribution in [3.63, 3.8) is 0 Å². The number of aliphatic hydroxyl groups excluding tert-OH is 1. The smallest absolute Gasteiger partial charge is 0.392 e. The van der Waals surface area contributed by atoms with Crippen LogP contribution in [0.5, 0.6) is 0 Å². The number of benzene rings is 2. The van der Waals surface area contributed by atoms with Crippen molar-refractivity contribution >= 4 is 46.2 Å². The van der Waals surface area contributed by atoms with Crippen LogP contribution >= 0.6 is 0 Å². The Morgan fingerprint density at radius 3 is 2.49 bits per heavy atom. The Balaban J connectivity index is 0.916. The van der Waals surface area contributed by atoms with Gasteiger partial charge in [-0.3, -0.25) is 24.2 Å². The first-order valence-corrected chi connectivity index (χ1v) is 22.6. The molecule has 18 heteroatoms. The molecule has 4 aliphatic rings. The highest BCUT2D eigenvalue weighted by Gasteiger charge is 2.39. The molecule has 67 heavy (non-hydrogen) atoms. The van der Waals surface area contributed by atoms with Gasteiger partial charge in [0.05, 0.1) is 29.2 Å². The topological polar surface area (TPSA) is 144 Å². The molecular weight excluding hydrogens is 869 g/mol. The summed E-state index contributed by atoms with van der Waals surface area (Å²) in [5.74, 6) is -1.57. The van der Waals surface area contributed by atoms with Crippen LogP contribution in [0.15, 0.2) is 78.4 Å². The van der Waals surface area contributed by atoms with Crippen molar-refractivity contribution in [2.45, 2.75) is 77.9 Å². The van der Waals surface area contributed by atoms with Gasteiger partial charge >= 0.3 is 6.18 Å². The van der Waals surface area contributed by atoms with Crippen molar-refractivity contribution in [3.8, 4) is 11.3 Å². The maximum atomic E-state index is 14.0. The number of nitrogens with zero attached hydrogens (tertiary/aromatic N) is 8. The number of hydrogen-bond donors (Lipinski definition) is 3. The number of amides is 2. The fourth-order valence-corrected chi connectivity index (χ4v) is 10.4. The predicted octanol–water partition coefficient (Wildman–Crippen LogP) is 7.13. The number of alkyl halides is 3. The van der Waals surface area contributed by atoms with Gasteiger partial charge in [0.25, 0.3) is 11.5 Å². The second-order valence-electron chi connectivity index (χ2n) is 18.8. The van der Waals surface area contributed by atoms with E-state index in [2.05, 4.69) is 57.3 Å². The van der Waals surface area contributed by atoms with E-state index < -0.39 is 35.6 Å². The summed E-state index contributed by atoms with van der Waals surface area (Å²) in [4.78, 5) is 57.9. The van der Waals surface area contributed by atoms with Crippen molar-refractivity contribution in [1.82, 2.24) is 24.0 Å². The van der Waals surface area contributed by atoms with Gasteiger partial charge in [-0.05, 0) is 98.2 Å². The average Bonchev–Trinajstić information content (AvgIpc) is 3.79. The first-order chi connectivity index (χ1) is 31.9. The second-order valence-corrected chi connectivity index (χ2v) is 18.8. The molecule has 0 spiro atoms. The van der Waals surface area contributed by atoms with Gasteiger partial charge < -0.3 is 34.7 Å². The molecule has 2 amide bonds. The maximum absolute atomic E-state index is 14.0. The van der Waals surface area contributed by atoms with Gasteiger partial charge in [0, 0.05) is 106 Å². The zero-order valence-electron chi connectivity index (χ0n) is 38.0. The lowest BCUT2D eigenvalue weighted by atomic mass is 9.90. The summed E-state index contributed by atoms with van der Waals surface area (Å²) in [7, 11) is 1.60. The van der Waals surface area contributed by atoms with Crippen molar-refractivity contribution < 1.29 is 32.3 Å². The first kappa shape index (κ1) is 45.6. The van der Waals surface area contributed by atoms with Crippen LogP contribution < -0.4 is 30.9 Å². The molecule has 9 rings (SSSR count). The Morgan fingerprint density at radius 1 is 1.00 bits per heavy atom. The molecule has 14 nitrogen and oxygen atoms in total. The molecule has 3 aromatic heterocycles. The van der Waals surface area contributed by atoms with Crippen molar-refractivity contribution in [2.75, 3.05) is 64.6 Å². The predicted molar refractivity (Wildman–Crippen MR) is 249 cm³/mol. The number of nitrogens with one attached hydrogen (secondary N) is 2. The molecule has 6 heterocycles.